The normalized spacial score (nSPS) is 10.8. The molecule has 3 N–H and O–H groups in total. The van der Waals surface area contributed by atoms with Gasteiger partial charge in [0.05, 0.1) is 16.6 Å². The molecule has 0 saturated heterocycles. The summed E-state index contributed by atoms with van der Waals surface area (Å²) in [6.07, 6.45) is 3.32. The molecule has 3 rings (SSSR count). The highest BCUT2D eigenvalue weighted by molar-refractivity contribution is 7.99. The third-order valence-corrected chi connectivity index (χ3v) is 5.52. The van der Waals surface area contributed by atoms with Crippen LogP contribution in [0.4, 0.5) is 4.79 Å². The first-order chi connectivity index (χ1) is 14.5. The molecule has 0 fully saturated rings. The molecule has 3 aromatic rings. The van der Waals surface area contributed by atoms with Gasteiger partial charge in [0.25, 0.3) is 5.56 Å². The molecule has 7 nitrogen and oxygen atoms in total. The number of nitrogens with one attached hydrogen (secondary N) is 1. The lowest BCUT2D eigenvalue weighted by Gasteiger charge is -2.13. The number of aromatic nitrogens is 2. The van der Waals surface area contributed by atoms with Crippen LogP contribution in [0, 0.1) is 0 Å². The fourth-order valence-corrected chi connectivity index (χ4v) is 4.01. The zero-order valence-electron chi connectivity index (χ0n) is 16.8. The largest absolute Gasteiger partial charge is 0.351 e. The maximum atomic E-state index is 13.2. The summed E-state index contributed by atoms with van der Waals surface area (Å²) in [7, 11) is 0. The van der Waals surface area contributed by atoms with Crippen LogP contribution in [0.1, 0.15) is 31.7 Å². The molecule has 1 aromatic heterocycles. The van der Waals surface area contributed by atoms with E-state index >= 15 is 0 Å². The molecule has 0 bridgehead atoms. The van der Waals surface area contributed by atoms with Crippen LogP contribution in [0.2, 0.25) is 0 Å². The summed E-state index contributed by atoms with van der Waals surface area (Å²) in [4.78, 5) is 40.3. The summed E-state index contributed by atoms with van der Waals surface area (Å²) in [6.45, 7) is 2.15. The molecule has 0 unspecified atom stereocenters. The zero-order valence-corrected chi connectivity index (χ0v) is 17.6. The summed E-state index contributed by atoms with van der Waals surface area (Å²) < 4.78 is 1.57. The number of nitrogens with two attached hydrogens (primary N) is 1. The molecule has 3 amide bonds. The second-order valence-corrected chi connectivity index (χ2v) is 7.90. The summed E-state index contributed by atoms with van der Waals surface area (Å²) in [5.74, 6) is -0.122. The molecule has 156 valence electrons. The summed E-state index contributed by atoms with van der Waals surface area (Å²) in [5.41, 5.74) is 7.35. The Kier molecular flexibility index (Phi) is 7.24. The number of urea groups is 1. The smallest absolute Gasteiger partial charge is 0.318 e. The summed E-state index contributed by atoms with van der Waals surface area (Å²) >= 11 is 1.28. The van der Waals surface area contributed by atoms with Gasteiger partial charge in [-0.3, -0.25) is 19.5 Å². The minimum Gasteiger partial charge on any atom is -0.351 e. The van der Waals surface area contributed by atoms with Gasteiger partial charge in [0.1, 0.15) is 0 Å². The minimum atomic E-state index is -0.881. The highest BCUT2D eigenvalue weighted by Crippen LogP contribution is 2.22. The van der Waals surface area contributed by atoms with E-state index in [9.17, 15) is 14.4 Å². The molecular formula is C22H24N4O3S. The van der Waals surface area contributed by atoms with E-state index < -0.39 is 11.9 Å². The Morgan fingerprint density at radius 2 is 1.87 bits per heavy atom. The Morgan fingerprint density at radius 1 is 1.13 bits per heavy atom. The van der Waals surface area contributed by atoms with E-state index in [4.69, 9.17) is 5.73 Å². The van der Waals surface area contributed by atoms with Crippen LogP contribution in [0.25, 0.3) is 16.6 Å². The number of primary amides is 1. The van der Waals surface area contributed by atoms with Crippen molar-refractivity contribution in [3.05, 3.63) is 64.4 Å². The third-order valence-electron chi connectivity index (χ3n) is 4.58. The minimum absolute atomic E-state index is 0.0757. The molecule has 0 atom stereocenters. The van der Waals surface area contributed by atoms with Crippen molar-refractivity contribution in [3.8, 4) is 5.69 Å². The lowest BCUT2D eigenvalue weighted by Crippen LogP contribution is -2.35. The number of unbranched alkanes of at least 4 members (excludes halogenated alkanes) is 1. The monoisotopic (exact) mass is 424 g/mol. The highest BCUT2D eigenvalue weighted by Gasteiger charge is 2.14. The van der Waals surface area contributed by atoms with E-state index in [1.807, 2.05) is 41.7 Å². The molecule has 2 aromatic carbocycles. The number of para-hydroxylation sites is 1. The molecule has 0 aliphatic carbocycles. The van der Waals surface area contributed by atoms with Crippen molar-refractivity contribution in [3.63, 3.8) is 0 Å². The second kappa shape index (κ2) is 10.1. The number of fused-ring (bicyclic) bond motifs is 1. The van der Waals surface area contributed by atoms with Crippen LogP contribution >= 0.6 is 11.8 Å². The first kappa shape index (κ1) is 21.6. The van der Waals surface area contributed by atoms with Gasteiger partial charge in [0.15, 0.2) is 5.16 Å². The standard InChI is InChI=1S/C22H24N4O3S/c1-2-3-6-15-9-11-16(12-10-15)26-20(28)17-7-4-5-8-18(17)24-22(26)30-14-13-19(27)25-21(23)29/h4-5,7-12H,2-3,6,13-14H2,1H3,(H3,23,25,27,29). The Bertz CT molecular complexity index is 1110. The molecule has 30 heavy (non-hydrogen) atoms. The maximum Gasteiger partial charge on any atom is 0.318 e. The van der Waals surface area contributed by atoms with Crippen LogP contribution in [0.5, 0.6) is 0 Å². The molecule has 0 spiro atoms. The van der Waals surface area contributed by atoms with Crippen molar-refractivity contribution < 1.29 is 9.59 Å². The van der Waals surface area contributed by atoms with Crippen molar-refractivity contribution in [1.82, 2.24) is 14.9 Å². The van der Waals surface area contributed by atoms with Crippen LogP contribution in [-0.4, -0.2) is 27.2 Å². The number of benzene rings is 2. The maximum absolute atomic E-state index is 13.2. The first-order valence-corrected chi connectivity index (χ1v) is 10.8. The van der Waals surface area contributed by atoms with Gasteiger partial charge >= 0.3 is 6.03 Å². The number of amides is 3. The Labute approximate surface area is 178 Å². The fraction of sp³-hybridized carbons (Fsp3) is 0.273. The van der Waals surface area contributed by atoms with E-state index in [1.54, 1.807) is 16.7 Å². The van der Waals surface area contributed by atoms with Gasteiger partial charge in [-0.25, -0.2) is 9.78 Å². The average Bonchev–Trinajstić information content (AvgIpc) is 2.72. The lowest BCUT2D eigenvalue weighted by molar-refractivity contribution is -0.119. The molecule has 0 aliphatic heterocycles. The van der Waals surface area contributed by atoms with E-state index in [-0.39, 0.29) is 12.0 Å². The van der Waals surface area contributed by atoms with Crippen molar-refractivity contribution >= 4 is 34.6 Å². The number of carbonyl (C=O) groups excluding carboxylic acids is 2. The summed E-state index contributed by atoms with van der Waals surface area (Å²) in [5, 5.41) is 3.06. The fourth-order valence-electron chi connectivity index (χ4n) is 3.06. The average molecular weight is 425 g/mol. The van der Waals surface area contributed by atoms with E-state index in [0.717, 1.165) is 24.9 Å². The lowest BCUT2D eigenvalue weighted by atomic mass is 10.1. The van der Waals surface area contributed by atoms with Crippen LogP contribution < -0.4 is 16.6 Å². The van der Waals surface area contributed by atoms with Crippen molar-refractivity contribution in [2.45, 2.75) is 37.8 Å². The molecule has 1 heterocycles. The first-order valence-electron chi connectivity index (χ1n) is 9.82. The highest BCUT2D eigenvalue weighted by atomic mass is 32.2. The number of rotatable bonds is 8. The van der Waals surface area contributed by atoms with Crippen molar-refractivity contribution in [2.24, 2.45) is 5.73 Å². The van der Waals surface area contributed by atoms with Crippen LogP contribution in [0.15, 0.2) is 58.5 Å². The quantitative estimate of drug-likeness (QED) is 0.426. The third kappa shape index (κ3) is 5.27. The van der Waals surface area contributed by atoms with Gasteiger partial charge in [-0.1, -0.05) is 49.4 Å². The Morgan fingerprint density at radius 3 is 2.57 bits per heavy atom. The number of thioether (sulfide) groups is 1. The summed E-state index contributed by atoms with van der Waals surface area (Å²) in [6, 6.07) is 14.2. The van der Waals surface area contributed by atoms with Gasteiger partial charge in [0, 0.05) is 12.2 Å². The SMILES string of the molecule is CCCCc1ccc(-n2c(SCCC(=O)NC(N)=O)nc3ccccc3c2=O)cc1. The molecule has 0 saturated carbocycles. The number of imide groups is 1. The number of hydrogen-bond acceptors (Lipinski definition) is 5. The van der Waals surface area contributed by atoms with Gasteiger partial charge in [-0.2, -0.15) is 0 Å². The number of aryl methyl sites for hydroxylation is 1. The number of carbonyl (C=O) groups is 2. The molecule has 0 radical (unpaired) electrons. The van der Waals surface area contributed by atoms with Crippen LogP contribution in [-0.2, 0) is 11.2 Å². The van der Waals surface area contributed by atoms with Gasteiger partial charge in [-0.15, -0.1) is 0 Å². The van der Waals surface area contributed by atoms with E-state index in [2.05, 4.69) is 11.9 Å². The molecule has 8 heteroatoms. The van der Waals surface area contributed by atoms with E-state index in [0.29, 0.717) is 21.8 Å². The van der Waals surface area contributed by atoms with Crippen molar-refractivity contribution in [1.29, 1.82) is 0 Å². The molecular weight excluding hydrogens is 400 g/mol. The predicted molar refractivity (Wildman–Crippen MR) is 119 cm³/mol. The number of hydrogen-bond donors (Lipinski definition) is 2. The second-order valence-electron chi connectivity index (χ2n) is 6.83. The Balaban J connectivity index is 1.93. The van der Waals surface area contributed by atoms with Gasteiger partial charge < -0.3 is 5.73 Å². The molecule has 0 aliphatic rings. The van der Waals surface area contributed by atoms with Crippen molar-refractivity contribution in [2.75, 3.05) is 5.75 Å². The predicted octanol–water partition coefficient (Wildman–Crippen LogP) is 3.41. The van der Waals surface area contributed by atoms with Gasteiger partial charge in [-0.05, 0) is 42.7 Å². The topological polar surface area (TPSA) is 107 Å². The number of nitrogens with zero attached hydrogens (tertiary/aromatic N) is 2. The van der Waals surface area contributed by atoms with E-state index in [1.165, 1.54) is 17.3 Å². The Hall–Kier alpha value is -3.13. The zero-order chi connectivity index (χ0) is 21.5. The van der Waals surface area contributed by atoms with Crippen LogP contribution in [0.3, 0.4) is 0 Å². The van der Waals surface area contributed by atoms with Gasteiger partial charge in [0.2, 0.25) is 5.91 Å².